The normalized spacial score (nSPS) is 16.9. The third-order valence-corrected chi connectivity index (χ3v) is 2.14. The summed E-state index contributed by atoms with van der Waals surface area (Å²) in [4.78, 5) is 0. The summed E-state index contributed by atoms with van der Waals surface area (Å²) in [6.45, 7) is 7.41. The maximum Gasteiger partial charge on any atom is 0.0902 e. The van der Waals surface area contributed by atoms with Gasteiger partial charge < -0.3 is 9.84 Å². The Hall–Kier alpha value is -1.12. The van der Waals surface area contributed by atoms with Crippen molar-refractivity contribution in [3.8, 4) is 0 Å². The molecule has 1 aromatic rings. The Labute approximate surface area is 91.2 Å². The molecule has 0 aliphatic carbocycles. The van der Waals surface area contributed by atoms with Crippen LogP contribution in [-0.4, -0.2) is 18.3 Å². The molecule has 1 aliphatic heterocycles. The van der Waals surface area contributed by atoms with Crippen molar-refractivity contribution in [2.45, 2.75) is 18.9 Å². The van der Waals surface area contributed by atoms with Crippen molar-refractivity contribution in [3.63, 3.8) is 0 Å². The van der Waals surface area contributed by atoms with Crippen LogP contribution >= 0.6 is 0 Å². The second kappa shape index (κ2) is 5.69. The molecule has 82 valence electrons. The van der Waals surface area contributed by atoms with E-state index in [1.54, 1.807) is 13.0 Å². The highest BCUT2D eigenvalue weighted by atomic mass is 16.6. The zero-order chi connectivity index (χ0) is 11.1. The minimum absolute atomic E-state index is 0.580. The van der Waals surface area contributed by atoms with Gasteiger partial charge in [0.1, 0.15) is 0 Å². The van der Waals surface area contributed by atoms with Gasteiger partial charge in [0.15, 0.2) is 0 Å². The van der Waals surface area contributed by atoms with Gasteiger partial charge in [-0.3, -0.25) is 0 Å². The predicted octanol–water partition coefficient (Wildman–Crippen LogP) is 2.49. The zero-order valence-electron chi connectivity index (χ0n) is 9.15. The molecular weight excluding hydrogens is 188 g/mol. The van der Waals surface area contributed by atoms with Gasteiger partial charge >= 0.3 is 0 Å². The minimum Gasteiger partial charge on any atom is -0.385 e. The van der Waals surface area contributed by atoms with E-state index >= 15 is 0 Å². The van der Waals surface area contributed by atoms with Crippen LogP contribution in [0.25, 0.3) is 0 Å². The van der Waals surface area contributed by atoms with Crippen molar-refractivity contribution >= 4 is 0 Å². The van der Waals surface area contributed by atoms with Crippen LogP contribution in [0.1, 0.15) is 18.9 Å². The molecule has 2 rings (SSSR count). The topological polar surface area (TPSA) is 32.8 Å². The third-order valence-electron chi connectivity index (χ3n) is 2.14. The molecule has 0 bridgehead atoms. The van der Waals surface area contributed by atoms with Gasteiger partial charge in [-0.05, 0) is 18.9 Å². The largest absolute Gasteiger partial charge is 0.385 e. The van der Waals surface area contributed by atoms with Crippen molar-refractivity contribution in [2.75, 3.05) is 13.2 Å². The standard InChI is InChI=1S/C11H14O.C2H4O/c1-3-9-11(2,12)10-7-5-4-6-8-10;1-2-3-1/h3-8,12H,1,9H2,2H3;1-2H2. The van der Waals surface area contributed by atoms with Crippen molar-refractivity contribution < 1.29 is 9.84 Å². The summed E-state index contributed by atoms with van der Waals surface area (Å²) in [6, 6.07) is 9.63. The SMILES string of the molecule is C1CO1.C=CCC(C)(O)c1ccccc1. The summed E-state index contributed by atoms with van der Waals surface area (Å²) in [5.41, 5.74) is 0.160. The zero-order valence-corrected chi connectivity index (χ0v) is 9.15. The van der Waals surface area contributed by atoms with E-state index in [0.717, 1.165) is 18.8 Å². The average Bonchev–Trinajstić information content (AvgIpc) is 3.06. The number of hydrogen-bond acceptors (Lipinski definition) is 2. The maximum atomic E-state index is 9.91. The molecule has 1 unspecified atom stereocenters. The number of benzene rings is 1. The Morgan fingerprint density at radius 2 is 1.93 bits per heavy atom. The van der Waals surface area contributed by atoms with Crippen molar-refractivity contribution in [2.24, 2.45) is 0 Å². The number of aliphatic hydroxyl groups is 1. The minimum atomic E-state index is -0.775. The van der Waals surface area contributed by atoms with E-state index in [9.17, 15) is 5.11 Å². The highest BCUT2D eigenvalue weighted by molar-refractivity contribution is 5.21. The van der Waals surface area contributed by atoms with Gasteiger partial charge in [-0.25, -0.2) is 0 Å². The Balaban J connectivity index is 0.000000319. The van der Waals surface area contributed by atoms with Crippen LogP contribution in [0.4, 0.5) is 0 Å². The van der Waals surface area contributed by atoms with E-state index in [1.165, 1.54) is 0 Å². The fourth-order valence-corrected chi connectivity index (χ4v) is 1.20. The fourth-order valence-electron chi connectivity index (χ4n) is 1.20. The number of hydrogen-bond donors (Lipinski definition) is 1. The molecule has 0 aromatic heterocycles. The Morgan fingerprint density at radius 3 is 2.33 bits per heavy atom. The van der Waals surface area contributed by atoms with Crippen LogP contribution < -0.4 is 0 Å². The van der Waals surface area contributed by atoms with Crippen molar-refractivity contribution in [3.05, 3.63) is 48.6 Å². The summed E-state index contributed by atoms with van der Waals surface area (Å²) < 4.78 is 4.50. The van der Waals surface area contributed by atoms with Gasteiger partial charge in [0, 0.05) is 0 Å². The van der Waals surface area contributed by atoms with Crippen LogP contribution in [0.2, 0.25) is 0 Å². The Morgan fingerprint density at radius 1 is 1.40 bits per heavy atom. The fraction of sp³-hybridized carbons (Fsp3) is 0.385. The van der Waals surface area contributed by atoms with E-state index < -0.39 is 5.60 Å². The van der Waals surface area contributed by atoms with E-state index in [1.807, 2.05) is 30.3 Å². The summed E-state index contributed by atoms with van der Waals surface area (Å²) in [6.07, 6.45) is 2.31. The first-order valence-corrected chi connectivity index (χ1v) is 5.13. The lowest BCUT2D eigenvalue weighted by Gasteiger charge is -2.21. The van der Waals surface area contributed by atoms with Gasteiger partial charge in [0.2, 0.25) is 0 Å². The lowest BCUT2D eigenvalue weighted by Crippen LogP contribution is -2.19. The molecule has 0 radical (unpaired) electrons. The average molecular weight is 206 g/mol. The smallest absolute Gasteiger partial charge is 0.0902 e. The highest BCUT2D eigenvalue weighted by Crippen LogP contribution is 2.23. The van der Waals surface area contributed by atoms with Gasteiger partial charge in [0.25, 0.3) is 0 Å². The number of epoxide rings is 1. The second-order valence-corrected chi connectivity index (χ2v) is 3.75. The molecule has 2 heteroatoms. The molecular formula is C13H18O2. The van der Waals surface area contributed by atoms with Crippen molar-refractivity contribution in [1.82, 2.24) is 0 Å². The first-order valence-electron chi connectivity index (χ1n) is 5.13. The van der Waals surface area contributed by atoms with Crippen LogP contribution in [0.3, 0.4) is 0 Å². The molecule has 2 nitrogen and oxygen atoms in total. The molecule has 1 atom stereocenters. The molecule has 0 amide bonds. The second-order valence-electron chi connectivity index (χ2n) is 3.75. The van der Waals surface area contributed by atoms with E-state index in [2.05, 4.69) is 11.3 Å². The lowest BCUT2D eigenvalue weighted by molar-refractivity contribution is 0.0606. The molecule has 1 saturated heterocycles. The first kappa shape index (κ1) is 12.0. The molecule has 1 aromatic carbocycles. The molecule has 1 N–H and O–H groups in total. The summed E-state index contributed by atoms with van der Waals surface area (Å²) in [5, 5.41) is 9.91. The number of ether oxygens (including phenoxy) is 1. The molecule has 1 heterocycles. The van der Waals surface area contributed by atoms with E-state index in [0.29, 0.717) is 6.42 Å². The van der Waals surface area contributed by atoms with Crippen LogP contribution in [0, 0.1) is 0 Å². The quantitative estimate of drug-likeness (QED) is 0.608. The highest BCUT2D eigenvalue weighted by Gasteiger charge is 2.19. The van der Waals surface area contributed by atoms with E-state index in [-0.39, 0.29) is 0 Å². The summed E-state index contributed by atoms with van der Waals surface area (Å²) >= 11 is 0. The number of rotatable bonds is 3. The first-order chi connectivity index (χ1) is 7.17. The maximum absolute atomic E-state index is 9.91. The molecule has 1 aliphatic rings. The lowest BCUT2D eigenvalue weighted by atomic mass is 9.93. The Bertz CT molecular complexity index is 286. The third kappa shape index (κ3) is 4.77. The van der Waals surface area contributed by atoms with Gasteiger partial charge in [-0.1, -0.05) is 36.4 Å². The summed E-state index contributed by atoms with van der Waals surface area (Å²) in [7, 11) is 0. The monoisotopic (exact) mass is 206 g/mol. The molecule has 1 fully saturated rings. The molecule has 15 heavy (non-hydrogen) atoms. The summed E-state index contributed by atoms with van der Waals surface area (Å²) in [5.74, 6) is 0. The van der Waals surface area contributed by atoms with Gasteiger partial charge in [0.05, 0.1) is 18.8 Å². The van der Waals surface area contributed by atoms with Crippen LogP contribution in [-0.2, 0) is 10.3 Å². The van der Waals surface area contributed by atoms with E-state index in [4.69, 9.17) is 0 Å². The Kier molecular flexibility index (Phi) is 4.53. The molecule has 0 saturated carbocycles. The van der Waals surface area contributed by atoms with Gasteiger partial charge in [-0.2, -0.15) is 0 Å². The molecule has 0 spiro atoms. The predicted molar refractivity (Wildman–Crippen MR) is 61.6 cm³/mol. The van der Waals surface area contributed by atoms with Crippen LogP contribution in [0.15, 0.2) is 43.0 Å². The van der Waals surface area contributed by atoms with Crippen LogP contribution in [0.5, 0.6) is 0 Å². The van der Waals surface area contributed by atoms with Crippen molar-refractivity contribution in [1.29, 1.82) is 0 Å². The van der Waals surface area contributed by atoms with Gasteiger partial charge in [-0.15, -0.1) is 6.58 Å².